The molecular weight excluding hydrogens is 420 g/mol. The largest absolute Gasteiger partial charge is 0.504 e. The number of pyridine rings is 2. The molecule has 1 amide bonds. The average Bonchev–Trinajstić information content (AvgIpc) is 2.74. The first kappa shape index (κ1) is 20.4. The predicted octanol–water partition coefficient (Wildman–Crippen LogP) is 3.52. The van der Waals surface area contributed by atoms with Crippen molar-refractivity contribution in [3.05, 3.63) is 74.7 Å². The Morgan fingerprint density at radius 3 is 2.87 bits per heavy atom. The first-order valence-electron chi connectivity index (χ1n) is 9.20. The molecule has 0 aliphatic rings. The lowest BCUT2D eigenvalue weighted by atomic mass is 10.0. The fraction of sp³-hybridized carbons (Fsp3) is 0.0909. The minimum Gasteiger partial charge on any atom is -0.504 e. The van der Waals surface area contributed by atoms with E-state index in [2.05, 4.69) is 20.5 Å². The summed E-state index contributed by atoms with van der Waals surface area (Å²) in [6.45, 7) is 1.88. The van der Waals surface area contributed by atoms with E-state index >= 15 is 0 Å². The lowest BCUT2D eigenvalue weighted by Crippen LogP contribution is -2.25. The third kappa shape index (κ3) is 3.80. The number of hydrazone groups is 1. The number of aromatic nitrogens is 2. The van der Waals surface area contributed by atoms with Crippen LogP contribution in [0.5, 0.6) is 11.5 Å². The number of methoxy groups -OCH3 is 1. The van der Waals surface area contributed by atoms with Crippen molar-refractivity contribution in [2.45, 2.75) is 6.92 Å². The zero-order chi connectivity index (χ0) is 22.1. The average molecular weight is 437 g/mol. The number of halogens is 1. The molecule has 2 aromatic heterocycles. The second-order valence-corrected chi connectivity index (χ2v) is 7.22. The third-order valence-electron chi connectivity index (χ3n) is 4.81. The third-order valence-corrected chi connectivity index (χ3v) is 5.01. The van der Waals surface area contributed by atoms with E-state index < -0.39 is 11.3 Å². The van der Waals surface area contributed by atoms with Crippen LogP contribution < -0.4 is 15.6 Å². The van der Waals surface area contributed by atoms with Crippen LogP contribution in [0.4, 0.5) is 0 Å². The van der Waals surface area contributed by atoms with E-state index in [1.165, 1.54) is 25.6 Å². The second-order valence-electron chi connectivity index (χ2n) is 6.82. The van der Waals surface area contributed by atoms with Crippen LogP contribution in [0.3, 0.4) is 0 Å². The Morgan fingerprint density at radius 2 is 2.10 bits per heavy atom. The highest BCUT2D eigenvalue weighted by Crippen LogP contribution is 2.27. The van der Waals surface area contributed by atoms with E-state index in [1.54, 1.807) is 30.3 Å². The first-order valence-corrected chi connectivity index (χ1v) is 9.58. The number of rotatable bonds is 4. The monoisotopic (exact) mass is 436 g/mol. The van der Waals surface area contributed by atoms with Crippen LogP contribution >= 0.6 is 11.6 Å². The van der Waals surface area contributed by atoms with Gasteiger partial charge in [0.1, 0.15) is 10.7 Å². The quantitative estimate of drug-likeness (QED) is 0.196. The lowest BCUT2D eigenvalue weighted by Gasteiger charge is -2.08. The number of hydrogen-bond acceptors (Lipinski definition) is 6. The standard InChI is InChI=1S/C22H17ClN4O4/c1-11-7-18(23)26-15-5-4-13-20(19(11)15)24-10-14(21(13)29)22(30)27-25-9-12-3-6-16(28)17(8-12)31-2/h3-10,26,28H,1-2H3,(H,27,30)/b25-9+. The van der Waals surface area contributed by atoms with Crippen molar-refractivity contribution >= 4 is 45.5 Å². The number of phenols is 1. The van der Waals surface area contributed by atoms with Crippen LogP contribution in [0.2, 0.25) is 5.15 Å². The SMILES string of the molecule is COc1cc(/C=N/NC(=O)c2cnc3c(ccc4[nH]c(Cl)cc(C)c43)c2=O)ccc1O. The topological polar surface area (TPSA) is 117 Å². The molecule has 0 spiro atoms. The van der Waals surface area contributed by atoms with E-state index in [-0.39, 0.29) is 17.1 Å². The van der Waals surface area contributed by atoms with Gasteiger partial charge in [-0.2, -0.15) is 5.10 Å². The number of ether oxygens (including phenoxy) is 1. The summed E-state index contributed by atoms with van der Waals surface area (Å²) in [6, 6.07) is 9.70. The van der Waals surface area contributed by atoms with Gasteiger partial charge in [0.05, 0.1) is 18.8 Å². The van der Waals surface area contributed by atoms with Crippen molar-refractivity contribution < 1.29 is 14.6 Å². The minimum absolute atomic E-state index is 0.00967. The normalized spacial score (nSPS) is 11.3. The molecular formula is C22H17ClN4O4. The van der Waals surface area contributed by atoms with E-state index in [1.807, 2.05) is 6.92 Å². The molecule has 0 aliphatic heterocycles. The van der Waals surface area contributed by atoms with E-state index in [4.69, 9.17) is 16.3 Å². The smallest absolute Gasteiger partial charge is 0.276 e. The molecule has 156 valence electrons. The van der Waals surface area contributed by atoms with Crippen LogP contribution in [-0.2, 0) is 0 Å². The Bertz CT molecular complexity index is 1430. The number of aromatic amines is 1. The molecule has 0 fully saturated rings. The van der Waals surface area contributed by atoms with Gasteiger partial charge in [0.2, 0.25) is 5.43 Å². The molecule has 31 heavy (non-hydrogen) atoms. The Morgan fingerprint density at radius 1 is 1.29 bits per heavy atom. The van der Waals surface area contributed by atoms with Crippen molar-refractivity contribution in [3.63, 3.8) is 0 Å². The molecule has 8 nitrogen and oxygen atoms in total. The van der Waals surface area contributed by atoms with Crippen molar-refractivity contribution in [2.75, 3.05) is 7.11 Å². The Labute approximate surface area is 181 Å². The van der Waals surface area contributed by atoms with Gasteiger partial charge in [0, 0.05) is 22.5 Å². The van der Waals surface area contributed by atoms with Crippen LogP contribution in [-0.4, -0.2) is 34.3 Å². The fourth-order valence-electron chi connectivity index (χ4n) is 3.33. The fourth-order valence-corrected chi connectivity index (χ4v) is 3.60. The molecule has 3 N–H and O–H groups in total. The highest BCUT2D eigenvalue weighted by Gasteiger charge is 2.16. The number of aryl methyl sites for hydroxylation is 1. The van der Waals surface area contributed by atoms with Gasteiger partial charge in [0.25, 0.3) is 5.91 Å². The second kappa shape index (κ2) is 8.08. The summed E-state index contributed by atoms with van der Waals surface area (Å²) in [5.41, 5.74) is 4.45. The number of nitrogens with zero attached hydrogens (tertiary/aromatic N) is 2. The molecule has 9 heteroatoms. The maximum absolute atomic E-state index is 12.9. The van der Waals surface area contributed by atoms with E-state index in [0.717, 1.165) is 16.5 Å². The maximum atomic E-state index is 12.9. The zero-order valence-electron chi connectivity index (χ0n) is 16.6. The minimum atomic E-state index is -0.680. The highest BCUT2D eigenvalue weighted by atomic mass is 35.5. The van der Waals surface area contributed by atoms with Crippen molar-refractivity contribution in [1.29, 1.82) is 0 Å². The van der Waals surface area contributed by atoms with E-state index in [0.29, 0.717) is 21.6 Å². The number of aromatic hydroxyl groups is 1. The van der Waals surface area contributed by atoms with Gasteiger partial charge in [-0.15, -0.1) is 0 Å². The molecule has 4 aromatic rings. The number of amides is 1. The van der Waals surface area contributed by atoms with Gasteiger partial charge in [-0.1, -0.05) is 11.6 Å². The Hall–Kier alpha value is -3.91. The molecule has 0 saturated heterocycles. The van der Waals surface area contributed by atoms with Crippen LogP contribution in [0, 0.1) is 6.92 Å². The first-order chi connectivity index (χ1) is 14.9. The number of nitrogens with one attached hydrogen (secondary N) is 2. The van der Waals surface area contributed by atoms with Crippen LogP contribution in [0.25, 0.3) is 21.8 Å². The summed E-state index contributed by atoms with van der Waals surface area (Å²) in [5.74, 6) is -0.415. The number of fused-ring (bicyclic) bond motifs is 3. The number of carbonyl (C=O) groups is 1. The van der Waals surface area contributed by atoms with Crippen LogP contribution in [0.15, 0.2) is 52.5 Å². The predicted molar refractivity (Wildman–Crippen MR) is 119 cm³/mol. The summed E-state index contributed by atoms with van der Waals surface area (Å²) in [4.78, 5) is 32.8. The zero-order valence-corrected chi connectivity index (χ0v) is 17.3. The van der Waals surface area contributed by atoms with Gasteiger partial charge in [0.15, 0.2) is 11.5 Å². The van der Waals surface area contributed by atoms with Gasteiger partial charge in [-0.3, -0.25) is 14.6 Å². The molecule has 0 unspecified atom stereocenters. The Kier molecular flexibility index (Phi) is 5.31. The molecule has 0 bridgehead atoms. The molecule has 2 heterocycles. The number of benzene rings is 2. The molecule has 0 atom stereocenters. The van der Waals surface area contributed by atoms with Gasteiger partial charge in [-0.05, 0) is 54.4 Å². The summed E-state index contributed by atoms with van der Waals surface area (Å²) in [5, 5.41) is 15.1. The maximum Gasteiger partial charge on any atom is 0.276 e. The van der Waals surface area contributed by atoms with Gasteiger partial charge >= 0.3 is 0 Å². The van der Waals surface area contributed by atoms with Crippen LogP contribution in [0.1, 0.15) is 21.5 Å². The number of H-pyrrole nitrogens is 1. The molecule has 4 rings (SSSR count). The lowest BCUT2D eigenvalue weighted by molar-refractivity contribution is 0.0954. The summed E-state index contributed by atoms with van der Waals surface area (Å²) in [6.07, 6.45) is 2.61. The molecule has 0 aliphatic carbocycles. The number of phenolic OH excluding ortho intramolecular Hbond substituents is 1. The summed E-state index contributed by atoms with van der Waals surface area (Å²) < 4.78 is 5.03. The van der Waals surface area contributed by atoms with Gasteiger partial charge in [-0.25, -0.2) is 5.43 Å². The number of hydrogen-bond donors (Lipinski definition) is 3. The molecule has 0 radical (unpaired) electrons. The molecule has 0 saturated carbocycles. The highest BCUT2D eigenvalue weighted by molar-refractivity contribution is 6.30. The van der Waals surface area contributed by atoms with E-state index in [9.17, 15) is 14.7 Å². The Balaban J connectivity index is 1.65. The summed E-state index contributed by atoms with van der Waals surface area (Å²) in [7, 11) is 1.43. The van der Waals surface area contributed by atoms with Gasteiger partial charge < -0.3 is 14.8 Å². The molecule has 2 aromatic carbocycles. The van der Waals surface area contributed by atoms with Crippen molar-refractivity contribution in [2.24, 2.45) is 5.10 Å². The van der Waals surface area contributed by atoms with Crippen molar-refractivity contribution in [3.8, 4) is 11.5 Å². The summed E-state index contributed by atoms with van der Waals surface area (Å²) >= 11 is 6.07. The number of carbonyl (C=O) groups excluding carboxylic acids is 1. The van der Waals surface area contributed by atoms with Crippen molar-refractivity contribution in [1.82, 2.24) is 15.4 Å².